The number of para-hydroxylation sites is 1. The Bertz CT molecular complexity index is 1360. The van der Waals surface area contributed by atoms with E-state index in [0.29, 0.717) is 29.4 Å². The standard InChI is InChI=1S/C25H24ClFN4O4/c1-14(33)30-12-18(16-6-2-3-8-19(16)30)29-24(35)31-20(9-25(13-32)10-21(25)31)23(34)28-11-15-5-4-7-17(26)22(15)27/h2-8,12,20-21,32H,9-11,13H2,1H3,(H,28,34)(H,29,35)/t20-,21+,25-/m0/s1. The third-order valence-electron chi connectivity index (χ3n) is 7.05. The van der Waals surface area contributed by atoms with E-state index in [1.165, 1.54) is 28.5 Å². The molecule has 0 radical (unpaired) electrons. The Labute approximate surface area is 205 Å². The van der Waals surface area contributed by atoms with E-state index in [0.717, 1.165) is 0 Å². The Morgan fingerprint density at radius 1 is 1.17 bits per heavy atom. The van der Waals surface area contributed by atoms with Crippen molar-refractivity contribution in [3.05, 3.63) is 65.1 Å². The highest BCUT2D eigenvalue weighted by Crippen LogP contribution is 2.59. The monoisotopic (exact) mass is 498 g/mol. The molecule has 3 amide bonds. The normalized spacial score (nSPS) is 22.7. The highest BCUT2D eigenvalue weighted by molar-refractivity contribution is 6.30. The number of aromatic nitrogens is 1. The maximum absolute atomic E-state index is 14.2. The molecule has 3 atom stereocenters. The van der Waals surface area contributed by atoms with Crippen LogP contribution < -0.4 is 10.6 Å². The van der Waals surface area contributed by atoms with E-state index in [2.05, 4.69) is 10.6 Å². The second-order valence-electron chi connectivity index (χ2n) is 9.18. The molecule has 3 N–H and O–H groups in total. The number of carbonyl (C=O) groups excluding carboxylic acids is 3. The van der Waals surface area contributed by atoms with Gasteiger partial charge in [0.25, 0.3) is 0 Å². The molecule has 10 heteroatoms. The van der Waals surface area contributed by atoms with Crippen LogP contribution in [0.25, 0.3) is 10.9 Å². The number of hydrogen-bond donors (Lipinski definition) is 3. The zero-order chi connectivity index (χ0) is 24.9. The minimum Gasteiger partial charge on any atom is -0.396 e. The molecule has 0 unspecified atom stereocenters. The van der Waals surface area contributed by atoms with E-state index in [1.807, 2.05) is 0 Å². The summed E-state index contributed by atoms with van der Waals surface area (Å²) in [4.78, 5) is 40.0. The fourth-order valence-corrected chi connectivity index (χ4v) is 5.27. The van der Waals surface area contributed by atoms with Gasteiger partial charge in [-0.25, -0.2) is 9.18 Å². The Morgan fingerprint density at radius 2 is 1.94 bits per heavy atom. The number of hydrogen-bond acceptors (Lipinski definition) is 4. The number of piperidine rings is 1. The number of nitrogens with zero attached hydrogens (tertiary/aromatic N) is 2. The first-order chi connectivity index (χ1) is 16.8. The molecule has 0 spiro atoms. The average molecular weight is 499 g/mol. The smallest absolute Gasteiger partial charge is 0.322 e. The van der Waals surface area contributed by atoms with Crippen molar-refractivity contribution in [2.24, 2.45) is 5.41 Å². The second kappa shape index (κ2) is 8.66. The minimum atomic E-state index is -0.829. The van der Waals surface area contributed by atoms with E-state index in [-0.39, 0.29) is 35.7 Å². The lowest BCUT2D eigenvalue weighted by molar-refractivity contribution is -0.125. The number of benzene rings is 2. The first-order valence-electron chi connectivity index (χ1n) is 11.3. The summed E-state index contributed by atoms with van der Waals surface area (Å²) < 4.78 is 15.7. The van der Waals surface area contributed by atoms with Crippen LogP contribution in [0.3, 0.4) is 0 Å². The summed E-state index contributed by atoms with van der Waals surface area (Å²) in [6.45, 7) is 1.21. The molecule has 3 aromatic rings. The highest BCUT2D eigenvalue weighted by Gasteiger charge is 2.67. The Kier molecular flexibility index (Phi) is 5.77. The van der Waals surface area contributed by atoms with E-state index in [9.17, 15) is 23.9 Å². The Balaban J connectivity index is 1.37. The van der Waals surface area contributed by atoms with Crippen LogP contribution in [0, 0.1) is 11.2 Å². The van der Waals surface area contributed by atoms with Crippen LogP contribution in [0.2, 0.25) is 5.02 Å². The van der Waals surface area contributed by atoms with Crippen molar-refractivity contribution in [2.75, 3.05) is 11.9 Å². The van der Waals surface area contributed by atoms with Gasteiger partial charge in [-0.15, -0.1) is 0 Å². The minimum absolute atomic E-state index is 0.0381. The number of anilines is 1. The summed E-state index contributed by atoms with van der Waals surface area (Å²) >= 11 is 5.82. The molecule has 2 aromatic carbocycles. The summed E-state index contributed by atoms with van der Waals surface area (Å²) in [5, 5.41) is 16.1. The molecule has 2 fully saturated rings. The van der Waals surface area contributed by atoms with Crippen molar-refractivity contribution < 1.29 is 23.9 Å². The van der Waals surface area contributed by atoms with Crippen LogP contribution in [0.1, 0.15) is 30.1 Å². The third-order valence-corrected chi connectivity index (χ3v) is 7.34. The van der Waals surface area contributed by atoms with Crippen LogP contribution in [0.15, 0.2) is 48.7 Å². The van der Waals surface area contributed by atoms with Crippen LogP contribution in [-0.4, -0.2) is 51.1 Å². The van der Waals surface area contributed by atoms with Crippen LogP contribution in [0.4, 0.5) is 14.9 Å². The van der Waals surface area contributed by atoms with Crippen molar-refractivity contribution in [1.29, 1.82) is 0 Å². The lowest BCUT2D eigenvalue weighted by atomic mass is 10.0. The molecule has 2 aliphatic rings. The van der Waals surface area contributed by atoms with Gasteiger partial charge in [-0.2, -0.15) is 0 Å². The third kappa shape index (κ3) is 3.94. The fourth-order valence-electron chi connectivity index (χ4n) is 5.08. The van der Waals surface area contributed by atoms with Crippen molar-refractivity contribution in [2.45, 2.75) is 38.4 Å². The molecule has 1 aliphatic heterocycles. The molecule has 8 nitrogen and oxygen atoms in total. The molecule has 1 saturated heterocycles. The average Bonchev–Trinajstić information content (AvgIpc) is 3.27. The van der Waals surface area contributed by atoms with Gasteiger partial charge in [0.15, 0.2) is 0 Å². The first kappa shape index (κ1) is 23.3. The number of aliphatic hydroxyl groups is 1. The van der Waals surface area contributed by atoms with Gasteiger partial charge in [-0.3, -0.25) is 14.2 Å². The number of aliphatic hydroxyl groups excluding tert-OH is 1. The van der Waals surface area contributed by atoms with E-state index in [1.54, 1.807) is 36.5 Å². The molecular weight excluding hydrogens is 475 g/mol. The SMILES string of the molecule is CC(=O)n1cc(NC(=O)N2[C@H](C(=O)NCc3cccc(Cl)c3F)C[C@@]3(CO)C[C@@H]23)c2ccccc21. The van der Waals surface area contributed by atoms with E-state index in [4.69, 9.17) is 11.6 Å². The van der Waals surface area contributed by atoms with E-state index < -0.39 is 29.2 Å². The van der Waals surface area contributed by atoms with Crippen molar-refractivity contribution in [3.63, 3.8) is 0 Å². The summed E-state index contributed by atoms with van der Waals surface area (Å²) in [5.41, 5.74) is 0.821. The van der Waals surface area contributed by atoms with Gasteiger partial charge in [0.1, 0.15) is 11.9 Å². The largest absolute Gasteiger partial charge is 0.396 e. The Hall–Kier alpha value is -3.43. The zero-order valence-electron chi connectivity index (χ0n) is 18.9. The predicted molar refractivity (Wildman–Crippen MR) is 129 cm³/mol. The van der Waals surface area contributed by atoms with E-state index >= 15 is 0 Å². The number of urea groups is 1. The molecule has 0 bridgehead atoms. The Morgan fingerprint density at radius 3 is 2.69 bits per heavy atom. The number of carbonyl (C=O) groups is 3. The topological polar surface area (TPSA) is 104 Å². The maximum atomic E-state index is 14.2. The van der Waals surface area contributed by atoms with Crippen LogP contribution in [0.5, 0.6) is 0 Å². The maximum Gasteiger partial charge on any atom is 0.322 e. The molecular formula is C25H24ClFN4O4. The number of halogens is 2. The molecule has 5 rings (SSSR count). The van der Waals surface area contributed by atoms with Gasteiger partial charge in [0, 0.05) is 42.1 Å². The molecule has 35 heavy (non-hydrogen) atoms. The van der Waals surface area contributed by atoms with Crippen LogP contribution in [-0.2, 0) is 11.3 Å². The summed E-state index contributed by atoms with van der Waals surface area (Å²) in [6, 6.07) is 10.1. The first-order valence-corrected chi connectivity index (χ1v) is 11.7. The predicted octanol–water partition coefficient (Wildman–Crippen LogP) is 3.77. The molecule has 1 saturated carbocycles. The molecule has 1 aliphatic carbocycles. The highest BCUT2D eigenvalue weighted by atomic mass is 35.5. The molecule has 2 heterocycles. The van der Waals surface area contributed by atoms with Crippen molar-refractivity contribution in [1.82, 2.24) is 14.8 Å². The summed E-state index contributed by atoms with van der Waals surface area (Å²) in [6.07, 6.45) is 2.46. The van der Waals surface area contributed by atoms with Gasteiger partial charge in [-0.05, 0) is 25.0 Å². The van der Waals surface area contributed by atoms with Crippen LogP contribution >= 0.6 is 11.6 Å². The van der Waals surface area contributed by atoms with Gasteiger partial charge in [0.05, 0.1) is 22.8 Å². The van der Waals surface area contributed by atoms with Crippen molar-refractivity contribution in [3.8, 4) is 0 Å². The lowest BCUT2D eigenvalue weighted by Gasteiger charge is -2.27. The van der Waals surface area contributed by atoms with Crippen molar-refractivity contribution >= 4 is 46.0 Å². The fraction of sp³-hybridized carbons (Fsp3) is 0.320. The number of rotatable bonds is 5. The lowest BCUT2D eigenvalue weighted by Crippen LogP contribution is -2.49. The summed E-state index contributed by atoms with van der Waals surface area (Å²) in [5.74, 6) is -1.24. The number of nitrogens with one attached hydrogen (secondary N) is 2. The number of likely N-dealkylation sites (tertiary alicyclic amines) is 1. The summed E-state index contributed by atoms with van der Waals surface area (Å²) in [7, 11) is 0. The molecule has 182 valence electrons. The zero-order valence-corrected chi connectivity index (χ0v) is 19.7. The van der Waals surface area contributed by atoms with Gasteiger partial charge in [0.2, 0.25) is 11.8 Å². The number of fused-ring (bicyclic) bond motifs is 2. The molecule has 1 aromatic heterocycles. The number of amides is 3. The van der Waals surface area contributed by atoms with Gasteiger partial charge >= 0.3 is 6.03 Å². The van der Waals surface area contributed by atoms with Gasteiger partial charge < -0.3 is 20.6 Å². The second-order valence-corrected chi connectivity index (χ2v) is 9.58. The quantitative estimate of drug-likeness (QED) is 0.498. The van der Waals surface area contributed by atoms with Gasteiger partial charge in [-0.1, -0.05) is 41.9 Å².